The van der Waals surface area contributed by atoms with Crippen LogP contribution in [0.3, 0.4) is 0 Å². The first-order chi connectivity index (χ1) is 9.09. The number of rotatable bonds is 9. The van der Waals surface area contributed by atoms with Crippen LogP contribution in [0, 0.1) is 5.92 Å². The second kappa shape index (κ2) is 9.63. The SMILES string of the molecule is CC(C)CCCCCCNCc1ccc(Cl)c(Cl)c1. The quantitative estimate of drug-likeness (QED) is 0.578. The minimum atomic E-state index is 0.621. The molecule has 19 heavy (non-hydrogen) atoms. The van der Waals surface area contributed by atoms with E-state index in [1.54, 1.807) is 0 Å². The molecule has 0 unspecified atom stereocenters. The lowest BCUT2D eigenvalue weighted by atomic mass is 10.0. The van der Waals surface area contributed by atoms with Gasteiger partial charge in [0.2, 0.25) is 0 Å². The number of nitrogens with one attached hydrogen (secondary N) is 1. The maximum absolute atomic E-state index is 5.98. The molecule has 0 amide bonds. The number of hydrogen-bond acceptors (Lipinski definition) is 1. The average Bonchev–Trinajstić information content (AvgIpc) is 2.36. The van der Waals surface area contributed by atoms with Crippen molar-refractivity contribution < 1.29 is 0 Å². The average molecular weight is 302 g/mol. The smallest absolute Gasteiger partial charge is 0.0595 e. The molecule has 0 atom stereocenters. The molecule has 0 heterocycles. The zero-order valence-corrected chi connectivity index (χ0v) is 13.5. The second-order valence-electron chi connectivity index (χ2n) is 5.52. The molecule has 0 saturated carbocycles. The van der Waals surface area contributed by atoms with Gasteiger partial charge in [-0.15, -0.1) is 0 Å². The molecule has 1 nitrogen and oxygen atoms in total. The van der Waals surface area contributed by atoms with Crippen molar-refractivity contribution in [1.29, 1.82) is 0 Å². The minimum Gasteiger partial charge on any atom is -0.313 e. The number of benzene rings is 1. The van der Waals surface area contributed by atoms with Crippen LogP contribution in [0.15, 0.2) is 18.2 Å². The van der Waals surface area contributed by atoms with E-state index in [1.165, 1.54) is 37.7 Å². The van der Waals surface area contributed by atoms with Gasteiger partial charge in [-0.25, -0.2) is 0 Å². The maximum Gasteiger partial charge on any atom is 0.0595 e. The van der Waals surface area contributed by atoms with Crippen LogP contribution in [0.4, 0.5) is 0 Å². The summed E-state index contributed by atoms with van der Waals surface area (Å²) >= 11 is 11.9. The second-order valence-corrected chi connectivity index (χ2v) is 6.34. The molecule has 0 aliphatic carbocycles. The van der Waals surface area contributed by atoms with E-state index < -0.39 is 0 Å². The Labute approximate surface area is 127 Å². The molecule has 108 valence electrons. The van der Waals surface area contributed by atoms with Gasteiger partial charge in [-0.1, -0.05) is 68.8 Å². The lowest BCUT2D eigenvalue weighted by Gasteiger charge is -2.07. The summed E-state index contributed by atoms with van der Waals surface area (Å²) in [4.78, 5) is 0. The Balaban J connectivity index is 2.03. The molecule has 0 spiro atoms. The summed E-state index contributed by atoms with van der Waals surface area (Å²) in [6, 6.07) is 5.80. The summed E-state index contributed by atoms with van der Waals surface area (Å²) in [6.07, 6.45) is 6.65. The van der Waals surface area contributed by atoms with Crippen molar-refractivity contribution in [3.8, 4) is 0 Å². The van der Waals surface area contributed by atoms with Crippen molar-refractivity contribution in [3.63, 3.8) is 0 Å². The van der Waals surface area contributed by atoms with Crippen LogP contribution >= 0.6 is 23.2 Å². The predicted molar refractivity (Wildman–Crippen MR) is 86.1 cm³/mol. The molecular formula is C16H25Cl2N. The molecule has 0 saturated heterocycles. The Morgan fingerprint density at radius 3 is 2.42 bits per heavy atom. The number of hydrogen-bond donors (Lipinski definition) is 1. The van der Waals surface area contributed by atoms with Crippen molar-refractivity contribution in [1.82, 2.24) is 5.32 Å². The van der Waals surface area contributed by atoms with Gasteiger partial charge in [0, 0.05) is 6.54 Å². The van der Waals surface area contributed by atoms with Crippen LogP contribution in [-0.2, 0) is 6.54 Å². The molecule has 1 aromatic rings. The van der Waals surface area contributed by atoms with Gasteiger partial charge in [0.1, 0.15) is 0 Å². The van der Waals surface area contributed by atoms with E-state index in [-0.39, 0.29) is 0 Å². The molecule has 1 aromatic carbocycles. The van der Waals surface area contributed by atoms with E-state index in [0.717, 1.165) is 19.0 Å². The number of unbranched alkanes of at least 4 members (excludes halogenated alkanes) is 3. The first kappa shape index (κ1) is 16.8. The van der Waals surface area contributed by atoms with E-state index >= 15 is 0 Å². The Kier molecular flexibility index (Phi) is 8.52. The molecule has 1 rings (SSSR count). The topological polar surface area (TPSA) is 12.0 Å². The van der Waals surface area contributed by atoms with Crippen LogP contribution in [0.5, 0.6) is 0 Å². The summed E-state index contributed by atoms with van der Waals surface area (Å²) in [6.45, 7) is 6.52. The minimum absolute atomic E-state index is 0.621. The summed E-state index contributed by atoms with van der Waals surface area (Å²) in [5, 5.41) is 4.70. The van der Waals surface area contributed by atoms with Crippen LogP contribution in [0.25, 0.3) is 0 Å². The molecule has 0 aliphatic heterocycles. The van der Waals surface area contributed by atoms with E-state index in [4.69, 9.17) is 23.2 Å². The van der Waals surface area contributed by atoms with E-state index in [9.17, 15) is 0 Å². The fourth-order valence-electron chi connectivity index (χ4n) is 2.04. The summed E-state index contributed by atoms with van der Waals surface area (Å²) in [5.41, 5.74) is 1.19. The van der Waals surface area contributed by atoms with Gasteiger partial charge in [0.05, 0.1) is 10.0 Å². The zero-order valence-electron chi connectivity index (χ0n) is 12.0. The molecular weight excluding hydrogens is 277 g/mol. The van der Waals surface area contributed by atoms with Crippen molar-refractivity contribution in [2.24, 2.45) is 5.92 Å². The van der Waals surface area contributed by atoms with Crippen molar-refractivity contribution in [2.75, 3.05) is 6.54 Å². The molecule has 1 N–H and O–H groups in total. The Morgan fingerprint density at radius 1 is 1.00 bits per heavy atom. The van der Waals surface area contributed by atoms with Crippen LogP contribution < -0.4 is 5.32 Å². The van der Waals surface area contributed by atoms with E-state index in [2.05, 4.69) is 19.2 Å². The fraction of sp³-hybridized carbons (Fsp3) is 0.625. The highest BCUT2D eigenvalue weighted by Crippen LogP contribution is 2.22. The monoisotopic (exact) mass is 301 g/mol. The van der Waals surface area contributed by atoms with Crippen molar-refractivity contribution >= 4 is 23.2 Å². The number of halogens is 2. The lowest BCUT2D eigenvalue weighted by Crippen LogP contribution is -2.14. The van der Waals surface area contributed by atoms with Gasteiger partial charge in [-0.05, 0) is 36.6 Å². The maximum atomic E-state index is 5.98. The van der Waals surface area contributed by atoms with Crippen LogP contribution in [-0.4, -0.2) is 6.54 Å². The van der Waals surface area contributed by atoms with Gasteiger partial charge in [0.15, 0.2) is 0 Å². The Bertz CT molecular complexity index is 364. The molecule has 0 radical (unpaired) electrons. The Morgan fingerprint density at radius 2 is 1.74 bits per heavy atom. The lowest BCUT2D eigenvalue weighted by molar-refractivity contribution is 0.512. The highest BCUT2D eigenvalue weighted by molar-refractivity contribution is 6.42. The van der Waals surface area contributed by atoms with Gasteiger partial charge >= 0.3 is 0 Å². The van der Waals surface area contributed by atoms with E-state index in [0.29, 0.717) is 10.0 Å². The highest BCUT2D eigenvalue weighted by Gasteiger charge is 1.99. The zero-order chi connectivity index (χ0) is 14.1. The first-order valence-corrected chi connectivity index (χ1v) is 8.00. The van der Waals surface area contributed by atoms with Gasteiger partial charge in [-0.2, -0.15) is 0 Å². The largest absolute Gasteiger partial charge is 0.313 e. The van der Waals surface area contributed by atoms with Crippen molar-refractivity contribution in [3.05, 3.63) is 33.8 Å². The van der Waals surface area contributed by atoms with Crippen LogP contribution in [0.2, 0.25) is 10.0 Å². The molecule has 3 heteroatoms. The van der Waals surface area contributed by atoms with Crippen molar-refractivity contribution in [2.45, 2.75) is 52.5 Å². The molecule has 0 bridgehead atoms. The predicted octanol–water partition coefficient (Wildman–Crippen LogP) is 5.69. The molecule has 0 fully saturated rings. The van der Waals surface area contributed by atoms with E-state index in [1.807, 2.05) is 18.2 Å². The van der Waals surface area contributed by atoms with Crippen LogP contribution in [0.1, 0.15) is 51.5 Å². The highest BCUT2D eigenvalue weighted by atomic mass is 35.5. The van der Waals surface area contributed by atoms with Gasteiger partial charge < -0.3 is 5.32 Å². The molecule has 0 aromatic heterocycles. The molecule has 0 aliphatic rings. The third-order valence-corrected chi connectivity index (χ3v) is 3.94. The van der Waals surface area contributed by atoms with Gasteiger partial charge in [0.25, 0.3) is 0 Å². The third-order valence-electron chi connectivity index (χ3n) is 3.20. The normalized spacial score (nSPS) is 11.2. The Hall–Kier alpha value is -0.240. The third kappa shape index (κ3) is 7.81. The summed E-state index contributed by atoms with van der Waals surface area (Å²) in [5.74, 6) is 0.841. The fourth-order valence-corrected chi connectivity index (χ4v) is 2.36. The standard InChI is InChI=1S/C16H25Cl2N/c1-13(2)7-5-3-4-6-10-19-12-14-8-9-15(17)16(18)11-14/h8-9,11,13,19H,3-7,10,12H2,1-2H3. The van der Waals surface area contributed by atoms with Gasteiger partial charge in [-0.3, -0.25) is 0 Å². The summed E-state index contributed by atoms with van der Waals surface area (Å²) in [7, 11) is 0. The summed E-state index contributed by atoms with van der Waals surface area (Å²) < 4.78 is 0. The first-order valence-electron chi connectivity index (χ1n) is 7.24.